The number of amides is 1. The first-order chi connectivity index (χ1) is 10.8. The van der Waals surface area contributed by atoms with Gasteiger partial charge in [0.1, 0.15) is 6.04 Å². The fraction of sp³-hybridized carbons (Fsp3) is 0.167. The van der Waals surface area contributed by atoms with E-state index in [0.717, 1.165) is 18.2 Å². The Morgan fingerprint density at radius 2 is 2.04 bits per heavy atom. The lowest BCUT2D eigenvalue weighted by Gasteiger charge is -2.10. The summed E-state index contributed by atoms with van der Waals surface area (Å²) in [6, 6.07) is 1.97. The van der Waals surface area contributed by atoms with Crippen LogP contribution in [0.1, 0.15) is 39.6 Å². The van der Waals surface area contributed by atoms with Crippen molar-refractivity contribution < 1.29 is 24.0 Å². The number of nitro benzene ring substituents is 1. The third kappa shape index (κ3) is 3.58. The van der Waals surface area contributed by atoms with Gasteiger partial charge in [0.15, 0.2) is 0 Å². The van der Waals surface area contributed by atoms with Gasteiger partial charge in [0, 0.05) is 17.7 Å². The summed E-state index contributed by atoms with van der Waals surface area (Å²) < 4.78 is 4.67. The van der Waals surface area contributed by atoms with Crippen molar-refractivity contribution in [1.82, 2.24) is 15.5 Å². The summed E-state index contributed by atoms with van der Waals surface area (Å²) in [5.41, 5.74) is -1.15. The topological polar surface area (TPSA) is 168 Å². The minimum absolute atomic E-state index is 0.0905. The van der Waals surface area contributed by atoms with Gasteiger partial charge in [-0.3, -0.25) is 14.9 Å². The average Bonchev–Trinajstić information content (AvgIpc) is 2.93. The van der Waals surface area contributed by atoms with E-state index in [2.05, 4.69) is 14.8 Å². The Morgan fingerprint density at radius 3 is 2.57 bits per heavy atom. The van der Waals surface area contributed by atoms with E-state index in [1.807, 2.05) is 5.10 Å². The molecule has 1 aromatic heterocycles. The second-order valence-electron chi connectivity index (χ2n) is 4.48. The molecule has 2 aromatic rings. The van der Waals surface area contributed by atoms with E-state index in [1.165, 1.54) is 6.92 Å². The molecule has 120 valence electrons. The number of nitro groups is 1. The van der Waals surface area contributed by atoms with Crippen LogP contribution in [0.5, 0.6) is 0 Å². The van der Waals surface area contributed by atoms with Gasteiger partial charge in [0.2, 0.25) is 5.89 Å². The van der Waals surface area contributed by atoms with Gasteiger partial charge in [-0.2, -0.15) is 0 Å². The maximum atomic E-state index is 12.1. The van der Waals surface area contributed by atoms with Gasteiger partial charge >= 0.3 is 11.7 Å². The molecule has 0 radical (unpaired) electrons. The van der Waals surface area contributed by atoms with Crippen LogP contribution in [0, 0.1) is 10.1 Å². The van der Waals surface area contributed by atoms with Crippen molar-refractivity contribution in [2.24, 2.45) is 0 Å². The molecule has 11 nitrogen and oxygen atoms in total. The number of nitrogens with zero attached hydrogens (tertiary/aromatic N) is 2. The van der Waals surface area contributed by atoms with Crippen molar-refractivity contribution in [3.05, 3.63) is 55.9 Å². The molecule has 0 saturated heterocycles. The summed E-state index contributed by atoms with van der Waals surface area (Å²) in [6.45, 7) is 1.46. The minimum atomic E-state index is -1.41. The van der Waals surface area contributed by atoms with E-state index in [9.17, 15) is 24.5 Å². The fourth-order valence-electron chi connectivity index (χ4n) is 1.74. The molecule has 1 aromatic carbocycles. The third-order valence-electron chi connectivity index (χ3n) is 2.81. The van der Waals surface area contributed by atoms with Crippen molar-refractivity contribution in [2.75, 3.05) is 0 Å². The fourth-order valence-corrected chi connectivity index (χ4v) is 1.74. The highest BCUT2D eigenvalue weighted by Crippen LogP contribution is 2.18. The standard InChI is InChI=1S/C12H10N4O7/c1-5(10-14-15-12(20)23-10)13-9(17)6-2-7(11(18)19)4-8(3-6)16(21)22/h2-5H,1H3,(H,13,17)(H,15,20)(H,18,19)/t5-/m0/s1. The molecule has 3 N–H and O–H groups in total. The molecule has 11 heteroatoms. The van der Waals surface area contributed by atoms with Gasteiger partial charge in [-0.05, 0) is 13.0 Å². The molecule has 0 aliphatic carbocycles. The largest absolute Gasteiger partial charge is 0.478 e. The SMILES string of the molecule is C[C@H](NC(=O)c1cc(C(=O)O)cc([N+](=O)[O-])c1)c1n[nH]c(=O)o1. The van der Waals surface area contributed by atoms with Crippen molar-refractivity contribution >= 4 is 17.6 Å². The van der Waals surface area contributed by atoms with Crippen LogP contribution in [0.25, 0.3) is 0 Å². The van der Waals surface area contributed by atoms with Gasteiger partial charge in [-0.25, -0.2) is 14.7 Å². The number of aromatic nitrogens is 2. The predicted octanol–water partition coefficient (Wildman–Crippen LogP) is 0.460. The third-order valence-corrected chi connectivity index (χ3v) is 2.81. The van der Waals surface area contributed by atoms with Gasteiger partial charge < -0.3 is 14.8 Å². The van der Waals surface area contributed by atoms with Crippen LogP contribution in [0.3, 0.4) is 0 Å². The van der Waals surface area contributed by atoms with E-state index in [-0.39, 0.29) is 11.5 Å². The number of carbonyl (C=O) groups excluding carboxylic acids is 1. The first-order valence-electron chi connectivity index (χ1n) is 6.17. The highest BCUT2D eigenvalue weighted by molar-refractivity contribution is 5.98. The predicted molar refractivity (Wildman–Crippen MR) is 73.1 cm³/mol. The Hall–Kier alpha value is -3.50. The second-order valence-corrected chi connectivity index (χ2v) is 4.48. The molecular formula is C12H10N4O7. The van der Waals surface area contributed by atoms with Crippen LogP contribution in [0.2, 0.25) is 0 Å². The molecule has 0 saturated carbocycles. The first kappa shape index (κ1) is 15.9. The molecule has 0 unspecified atom stereocenters. The van der Waals surface area contributed by atoms with Crippen LogP contribution >= 0.6 is 0 Å². The van der Waals surface area contributed by atoms with E-state index >= 15 is 0 Å². The summed E-state index contributed by atoms with van der Waals surface area (Å²) in [5.74, 6) is -3.08. The molecule has 1 heterocycles. The van der Waals surface area contributed by atoms with Crippen LogP contribution in [0.4, 0.5) is 5.69 Å². The molecule has 0 aliphatic rings. The Bertz CT molecular complexity index is 806. The van der Waals surface area contributed by atoms with Crippen LogP contribution < -0.4 is 11.1 Å². The summed E-state index contributed by atoms with van der Waals surface area (Å²) in [6.07, 6.45) is 0. The number of carboxylic acids is 1. The Labute approximate surface area is 127 Å². The van der Waals surface area contributed by atoms with E-state index in [1.54, 1.807) is 0 Å². The number of aromatic carboxylic acids is 1. The van der Waals surface area contributed by atoms with Gasteiger partial charge in [-0.15, -0.1) is 5.10 Å². The quantitative estimate of drug-likeness (QED) is 0.526. The zero-order chi connectivity index (χ0) is 17.1. The summed E-state index contributed by atoms with van der Waals surface area (Å²) >= 11 is 0. The van der Waals surface area contributed by atoms with E-state index in [4.69, 9.17) is 5.11 Å². The number of hydrogen-bond donors (Lipinski definition) is 3. The van der Waals surface area contributed by atoms with Crippen LogP contribution in [0.15, 0.2) is 27.4 Å². The number of rotatable bonds is 5. The zero-order valence-electron chi connectivity index (χ0n) is 11.6. The summed E-state index contributed by atoms with van der Waals surface area (Å²) in [5, 5.41) is 27.7. The number of aromatic amines is 1. The van der Waals surface area contributed by atoms with Gasteiger partial charge in [-0.1, -0.05) is 0 Å². The highest BCUT2D eigenvalue weighted by atomic mass is 16.6. The molecule has 1 amide bonds. The van der Waals surface area contributed by atoms with Crippen molar-refractivity contribution in [3.8, 4) is 0 Å². The number of nitrogens with one attached hydrogen (secondary N) is 2. The number of H-pyrrole nitrogens is 1. The number of carboxylic acid groups (broad SMARTS) is 1. The molecular weight excluding hydrogens is 312 g/mol. The average molecular weight is 322 g/mol. The molecule has 0 fully saturated rings. The Balaban J connectivity index is 2.29. The lowest BCUT2D eigenvalue weighted by Crippen LogP contribution is -2.27. The first-order valence-corrected chi connectivity index (χ1v) is 6.17. The van der Waals surface area contributed by atoms with Gasteiger partial charge in [0.05, 0.1) is 10.5 Å². The lowest BCUT2D eigenvalue weighted by molar-refractivity contribution is -0.384. The monoisotopic (exact) mass is 322 g/mol. The molecule has 0 aliphatic heterocycles. The number of hydrogen-bond acceptors (Lipinski definition) is 7. The Kier molecular flexibility index (Phi) is 4.21. The van der Waals surface area contributed by atoms with Crippen LogP contribution in [-0.4, -0.2) is 32.1 Å². The number of carbonyl (C=O) groups is 2. The van der Waals surface area contributed by atoms with Crippen LogP contribution in [-0.2, 0) is 0 Å². The second kappa shape index (κ2) is 6.09. The zero-order valence-corrected chi connectivity index (χ0v) is 11.6. The Morgan fingerprint density at radius 1 is 1.39 bits per heavy atom. The van der Waals surface area contributed by atoms with Crippen molar-refractivity contribution in [1.29, 1.82) is 0 Å². The molecule has 23 heavy (non-hydrogen) atoms. The molecule has 1 atom stereocenters. The van der Waals surface area contributed by atoms with Crippen molar-refractivity contribution in [2.45, 2.75) is 13.0 Å². The molecule has 0 spiro atoms. The number of benzene rings is 1. The normalized spacial score (nSPS) is 11.7. The minimum Gasteiger partial charge on any atom is -0.478 e. The summed E-state index contributed by atoms with van der Waals surface area (Å²) in [7, 11) is 0. The summed E-state index contributed by atoms with van der Waals surface area (Å²) in [4.78, 5) is 43.9. The lowest BCUT2D eigenvalue weighted by atomic mass is 10.1. The van der Waals surface area contributed by atoms with Gasteiger partial charge in [0.25, 0.3) is 11.6 Å². The smallest absolute Gasteiger partial charge is 0.434 e. The van der Waals surface area contributed by atoms with E-state index < -0.39 is 39.8 Å². The van der Waals surface area contributed by atoms with Crippen molar-refractivity contribution in [3.63, 3.8) is 0 Å². The maximum Gasteiger partial charge on any atom is 0.434 e. The number of non-ortho nitro benzene ring substituents is 1. The highest BCUT2D eigenvalue weighted by Gasteiger charge is 2.20. The molecule has 0 bridgehead atoms. The molecule has 2 rings (SSSR count). The van der Waals surface area contributed by atoms with E-state index in [0.29, 0.717) is 0 Å². The maximum absolute atomic E-state index is 12.1.